The average Bonchev–Trinajstić information content (AvgIpc) is 2.86. The van der Waals surface area contributed by atoms with Crippen molar-refractivity contribution in [3.63, 3.8) is 0 Å². The Balaban J connectivity index is 1.53. The molecule has 0 saturated heterocycles. The minimum Gasteiger partial charge on any atom is -0.326 e. The first kappa shape index (κ1) is 12.8. The van der Waals surface area contributed by atoms with Crippen molar-refractivity contribution < 1.29 is 8.42 Å². The van der Waals surface area contributed by atoms with Gasteiger partial charge in [0.1, 0.15) is 0 Å². The molecule has 3 saturated carbocycles. The second-order valence-corrected chi connectivity index (χ2v) is 8.20. The fraction of sp³-hybridized carbons (Fsp3) is 0.600. The van der Waals surface area contributed by atoms with Crippen LogP contribution in [0.15, 0.2) is 29.2 Å². The maximum Gasteiger partial charge on any atom is 0.240 e. The van der Waals surface area contributed by atoms with Crippen molar-refractivity contribution in [1.29, 1.82) is 0 Å². The summed E-state index contributed by atoms with van der Waals surface area (Å²) >= 11 is 0. The highest BCUT2D eigenvalue weighted by molar-refractivity contribution is 7.89. The summed E-state index contributed by atoms with van der Waals surface area (Å²) in [6, 6.07) is 7.12. The SMILES string of the molecule is NCc1cccc(S(=O)(=O)NC2C3C4CCC(C4)C23)c1. The Morgan fingerprint density at radius 2 is 1.90 bits per heavy atom. The van der Waals surface area contributed by atoms with Crippen LogP contribution in [0.5, 0.6) is 0 Å². The van der Waals surface area contributed by atoms with Crippen molar-refractivity contribution in [2.45, 2.75) is 36.7 Å². The van der Waals surface area contributed by atoms with Crippen molar-refractivity contribution >= 4 is 10.0 Å². The van der Waals surface area contributed by atoms with Crippen LogP contribution in [-0.2, 0) is 16.6 Å². The number of hydrogen-bond donors (Lipinski definition) is 2. The smallest absolute Gasteiger partial charge is 0.240 e. The van der Waals surface area contributed by atoms with Crippen LogP contribution in [0.4, 0.5) is 0 Å². The van der Waals surface area contributed by atoms with Gasteiger partial charge in [-0.05, 0) is 60.6 Å². The zero-order chi connectivity index (χ0) is 13.9. The standard InChI is InChI=1S/C15H20N2O2S/c16-8-9-2-1-3-12(6-9)20(18,19)17-15-13-10-4-5-11(7-10)14(13)15/h1-3,6,10-11,13-15,17H,4-5,7-8,16H2. The summed E-state index contributed by atoms with van der Waals surface area (Å²) in [6.45, 7) is 0.363. The Morgan fingerprint density at radius 1 is 1.20 bits per heavy atom. The van der Waals surface area contributed by atoms with Crippen LogP contribution < -0.4 is 10.5 Å². The summed E-state index contributed by atoms with van der Waals surface area (Å²) in [4.78, 5) is 0.345. The van der Waals surface area contributed by atoms with E-state index in [9.17, 15) is 8.42 Å². The molecular formula is C15H20N2O2S. The highest BCUT2D eigenvalue weighted by Crippen LogP contribution is 2.65. The second-order valence-electron chi connectivity index (χ2n) is 6.49. The maximum absolute atomic E-state index is 12.5. The molecule has 3 N–H and O–H groups in total. The number of hydrogen-bond acceptors (Lipinski definition) is 3. The molecule has 0 spiro atoms. The van der Waals surface area contributed by atoms with E-state index in [0.717, 1.165) is 17.4 Å². The van der Waals surface area contributed by atoms with Gasteiger partial charge in [0.25, 0.3) is 0 Å². The number of sulfonamides is 1. The van der Waals surface area contributed by atoms with Crippen LogP contribution >= 0.6 is 0 Å². The summed E-state index contributed by atoms with van der Waals surface area (Å²) in [5.74, 6) is 2.77. The lowest BCUT2D eigenvalue weighted by Gasteiger charge is -2.11. The molecule has 3 aliphatic rings. The van der Waals surface area contributed by atoms with Gasteiger partial charge in [0.15, 0.2) is 0 Å². The molecule has 0 heterocycles. The van der Waals surface area contributed by atoms with Crippen LogP contribution in [0, 0.1) is 23.7 Å². The number of rotatable bonds is 4. The molecule has 5 heteroatoms. The number of nitrogens with one attached hydrogen (secondary N) is 1. The fourth-order valence-corrected chi connectivity index (χ4v) is 5.94. The van der Waals surface area contributed by atoms with Crippen LogP contribution in [0.2, 0.25) is 0 Å². The number of nitrogens with two attached hydrogens (primary N) is 1. The van der Waals surface area contributed by atoms with E-state index in [1.165, 1.54) is 19.3 Å². The average molecular weight is 292 g/mol. The summed E-state index contributed by atoms with van der Waals surface area (Å²) in [5.41, 5.74) is 6.43. The molecular weight excluding hydrogens is 272 g/mol. The minimum atomic E-state index is -3.40. The highest BCUT2D eigenvalue weighted by atomic mass is 32.2. The molecule has 4 nitrogen and oxygen atoms in total. The van der Waals surface area contributed by atoms with Crippen LogP contribution in [0.25, 0.3) is 0 Å². The molecule has 1 aromatic rings. The van der Waals surface area contributed by atoms with Crippen molar-refractivity contribution in [2.75, 3.05) is 0 Å². The van der Waals surface area contributed by atoms with Gasteiger partial charge in [0.2, 0.25) is 10.0 Å². The molecule has 3 aliphatic carbocycles. The molecule has 2 bridgehead atoms. The third kappa shape index (κ3) is 1.84. The molecule has 0 aromatic heterocycles. The summed E-state index contributed by atoms with van der Waals surface area (Å²) in [5, 5.41) is 0. The lowest BCUT2D eigenvalue weighted by atomic mass is 10.0. The van der Waals surface area contributed by atoms with E-state index in [1.807, 2.05) is 6.07 Å². The Morgan fingerprint density at radius 3 is 2.55 bits per heavy atom. The largest absolute Gasteiger partial charge is 0.326 e. The van der Waals surface area contributed by atoms with E-state index in [0.29, 0.717) is 23.3 Å². The normalized spacial score (nSPS) is 38.0. The Labute approximate surface area is 119 Å². The molecule has 108 valence electrons. The number of fused-ring (bicyclic) bond motifs is 5. The molecule has 0 aliphatic heterocycles. The van der Waals surface area contributed by atoms with Crippen LogP contribution in [0.1, 0.15) is 24.8 Å². The van der Waals surface area contributed by atoms with Crippen LogP contribution in [-0.4, -0.2) is 14.5 Å². The predicted molar refractivity (Wildman–Crippen MR) is 76.3 cm³/mol. The van der Waals surface area contributed by atoms with E-state index in [1.54, 1.807) is 18.2 Å². The predicted octanol–water partition coefficient (Wildman–Crippen LogP) is 1.47. The summed E-state index contributed by atoms with van der Waals surface area (Å²) < 4.78 is 27.9. The Bertz CT molecular complexity index is 627. The van der Waals surface area contributed by atoms with Gasteiger partial charge >= 0.3 is 0 Å². The highest BCUT2D eigenvalue weighted by Gasteiger charge is 2.65. The molecule has 0 radical (unpaired) electrons. The van der Waals surface area contributed by atoms with E-state index >= 15 is 0 Å². The van der Waals surface area contributed by atoms with Crippen LogP contribution in [0.3, 0.4) is 0 Å². The van der Waals surface area contributed by atoms with Crippen molar-refractivity contribution in [3.8, 4) is 0 Å². The van der Waals surface area contributed by atoms with Gasteiger partial charge in [0.05, 0.1) is 4.90 Å². The Hall–Kier alpha value is -0.910. The lowest BCUT2D eigenvalue weighted by molar-refractivity contribution is 0.456. The van der Waals surface area contributed by atoms with Gasteiger partial charge in [-0.25, -0.2) is 13.1 Å². The topological polar surface area (TPSA) is 72.2 Å². The van der Waals surface area contributed by atoms with Crippen molar-refractivity contribution in [3.05, 3.63) is 29.8 Å². The molecule has 3 fully saturated rings. The lowest BCUT2D eigenvalue weighted by Crippen LogP contribution is -2.30. The van der Waals surface area contributed by atoms with Gasteiger partial charge in [-0.2, -0.15) is 0 Å². The number of benzene rings is 1. The molecule has 4 unspecified atom stereocenters. The first-order chi connectivity index (χ1) is 9.60. The molecule has 4 rings (SSSR count). The third-order valence-electron chi connectivity index (χ3n) is 5.47. The molecule has 20 heavy (non-hydrogen) atoms. The quantitative estimate of drug-likeness (QED) is 0.882. The maximum atomic E-state index is 12.5. The Kier molecular flexibility index (Phi) is 2.75. The van der Waals surface area contributed by atoms with Gasteiger partial charge in [0, 0.05) is 12.6 Å². The van der Waals surface area contributed by atoms with E-state index in [2.05, 4.69) is 4.72 Å². The third-order valence-corrected chi connectivity index (χ3v) is 6.93. The summed E-state index contributed by atoms with van der Waals surface area (Å²) in [7, 11) is -3.40. The summed E-state index contributed by atoms with van der Waals surface area (Å²) in [6.07, 6.45) is 3.93. The van der Waals surface area contributed by atoms with Crippen molar-refractivity contribution in [2.24, 2.45) is 29.4 Å². The first-order valence-corrected chi connectivity index (χ1v) is 8.90. The molecule has 1 aromatic carbocycles. The second kappa shape index (κ2) is 4.29. The van der Waals surface area contributed by atoms with Gasteiger partial charge in [-0.15, -0.1) is 0 Å². The van der Waals surface area contributed by atoms with E-state index < -0.39 is 10.0 Å². The zero-order valence-corrected chi connectivity index (χ0v) is 12.1. The minimum absolute atomic E-state index is 0.188. The van der Waals surface area contributed by atoms with Crippen molar-refractivity contribution in [1.82, 2.24) is 4.72 Å². The van der Waals surface area contributed by atoms with Gasteiger partial charge < -0.3 is 5.73 Å². The monoisotopic (exact) mass is 292 g/mol. The molecule has 0 amide bonds. The van der Waals surface area contributed by atoms with E-state index in [-0.39, 0.29) is 6.04 Å². The van der Waals surface area contributed by atoms with E-state index in [4.69, 9.17) is 5.73 Å². The van der Waals surface area contributed by atoms with Gasteiger partial charge in [-0.1, -0.05) is 12.1 Å². The molecule has 4 atom stereocenters. The first-order valence-electron chi connectivity index (χ1n) is 7.41. The fourth-order valence-electron chi connectivity index (χ4n) is 4.57. The zero-order valence-electron chi connectivity index (χ0n) is 11.3. The van der Waals surface area contributed by atoms with Gasteiger partial charge in [-0.3, -0.25) is 0 Å².